The first-order valence-electron chi connectivity index (χ1n) is 6.02. The number of esters is 1. The molecule has 0 aliphatic heterocycles. The number of carbonyl (C=O) groups excluding carboxylic acids is 1. The molecular formula is C14H22N2O2. The van der Waals surface area contributed by atoms with Gasteiger partial charge in [-0.15, -0.1) is 0 Å². The average Bonchev–Trinajstić information content (AvgIpc) is 2.34. The van der Waals surface area contributed by atoms with Crippen molar-refractivity contribution >= 4 is 11.7 Å². The van der Waals surface area contributed by atoms with Crippen LogP contribution in [0.1, 0.15) is 30.6 Å². The van der Waals surface area contributed by atoms with E-state index in [2.05, 4.69) is 0 Å². The Kier molecular flexibility index (Phi) is 4.73. The fraction of sp³-hybridized carbons (Fsp3) is 0.500. The van der Waals surface area contributed by atoms with Crippen molar-refractivity contribution in [3.8, 4) is 0 Å². The topological polar surface area (TPSA) is 55.6 Å². The highest BCUT2D eigenvalue weighted by atomic mass is 16.5. The highest BCUT2D eigenvalue weighted by Crippen LogP contribution is 2.21. The number of hydrogen-bond donors (Lipinski definition) is 1. The van der Waals surface area contributed by atoms with E-state index in [4.69, 9.17) is 10.5 Å². The molecule has 0 aromatic heterocycles. The lowest BCUT2D eigenvalue weighted by Crippen LogP contribution is -2.36. The van der Waals surface area contributed by atoms with Crippen LogP contribution in [0.25, 0.3) is 0 Å². The minimum absolute atomic E-state index is 0.214. The molecule has 4 nitrogen and oxygen atoms in total. The monoisotopic (exact) mass is 250 g/mol. The third kappa shape index (κ3) is 4.04. The van der Waals surface area contributed by atoms with Gasteiger partial charge in [-0.25, -0.2) is 4.79 Å². The number of ether oxygens (including phenoxy) is 1. The molecule has 2 N–H and O–H groups in total. The van der Waals surface area contributed by atoms with E-state index < -0.39 is 0 Å². The average molecular weight is 250 g/mol. The summed E-state index contributed by atoms with van der Waals surface area (Å²) in [6, 6.07) is 7.42. The van der Waals surface area contributed by atoms with Gasteiger partial charge in [0.25, 0.3) is 0 Å². The van der Waals surface area contributed by atoms with E-state index in [0.29, 0.717) is 5.56 Å². The molecule has 100 valence electrons. The van der Waals surface area contributed by atoms with Crippen molar-refractivity contribution in [2.45, 2.75) is 25.8 Å². The Morgan fingerprint density at radius 1 is 1.39 bits per heavy atom. The Morgan fingerprint density at radius 3 is 2.56 bits per heavy atom. The zero-order valence-corrected chi connectivity index (χ0v) is 11.6. The largest absolute Gasteiger partial charge is 0.465 e. The number of nitrogens with zero attached hydrogens (tertiary/aromatic N) is 1. The number of rotatable bonds is 5. The van der Waals surface area contributed by atoms with Crippen LogP contribution in [0.15, 0.2) is 24.3 Å². The first-order chi connectivity index (χ1) is 8.35. The molecule has 1 aromatic rings. The van der Waals surface area contributed by atoms with Crippen molar-refractivity contribution < 1.29 is 9.53 Å². The molecule has 0 unspecified atom stereocenters. The number of nitrogens with two attached hydrogens (primary N) is 1. The predicted molar refractivity (Wildman–Crippen MR) is 73.9 cm³/mol. The fourth-order valence-electron chi connectivity index (χ4n) is 1.67. The third-order valence-electron chi connectivity index (χ3n) is 2.81. The molecule has 4 heteroatoms. The van der Waals surface area contributed by atoms with E-state index in [1.165, 1.54) is 7.11 Å². The van der Waals surface area contributed by atoms with E-state index in [1.807, 2.05) is 44.0 Å². The normalized spacial score (nSPS) is 11.2. The lowest BCUT2D eigenvalue weighted by Gasteiger charge is -2.26. The zero-order chi connectivity index (χ0) is 13.8. The van der Waals surface area contributed by atoms with Crippen LogP contribution in [0.4, 0.5) is 5.69 Å². The molecule has 0 aliphatic carbocycles. The van der Waals surface area contributed by atoms with Crippen molar-refractivity contribution in [2.75, 3.05) is 25.6 Å². The summed E-state index contributed by atoms with van der Waals surface area (Å²) in [5, 5.41) is 0. The van der Waals surface area contributed by atoms with E-state index >= 15 is 0 Å². The second-order valence-corrected chi connectivity index (χ2v) is 5.17. The predicted octanol–water partition coefficient (Wildman–Crippen LogP) is 2.04. The maximum atomic E-state index is 11.7. The summed E-state index contributed by atoms with van der Waals surface area (Å²) in [4.78, 5) is 13.7. The van der Waals surface area contributed by atoms with Gasteiger partial charge in [-0.3, -0.25) is 0 Å². The summed E-state index contributed by atoms with van der Waals surface area (Å²) in [6.45, 7) is 4.78. The molecule has 0 saturated heterocycles. The number of para-hydroxylation sites is 1. The summed E-state index contributed by atoms with van der Waals surface area (Å²) in [5.41, 5.74) is 7.20. The summed E-state index contributed by atoms with van der Waals surface area (Å²) < 4.78 is 4.78. The quantitative estimate of drug-likeness (QED) is 0.812. The van der Waals surface area contributed by atoms with Gasteiger partial charge in [-0.05, 0) is 32.4 Å². The lowest BCUT2D eigenvalue weighted by atomic mass is 10.0. The smallest absolute Gasteiger partial charge is 0.339 e. The van der Waals surface area contributed by atoms with Crippen molar-refractivity contribution in [2.24, 2.45) is 5.73 Å². The first-order valence-corrected chi connectivity index (χ1v) is 6.02. The summed E-state index contributed by atoms with van der Waals surface area (Å²) in [7, 11) is 3.34. The molecule has 0 fully saturated rings. The highest BCUT2D eigenvalue weighted by molar-refractivity contribution is 5.95. The van der Waals surface area contributed by atoms with Gasteiger partial charge in [-0.2, -0.15) is 0 Å². The molecule has 0 radical (unpaired) electrons. The van der Waals surface area contributed by atoms with Crippen molar-refractivity contribution in [3.05, 3.63) is 29.8 Å². The van der Waals surface area contributed by atoms with Crippen LogP contribution >= 0.6 is 0 Å². The third-order valence-corrected chi connectivity index (χ3v) is 2.81. The van der Waals surface area contributed by atoms with Crippen LogP contribution in [-0.2, 0) is 4.74 Å². The molecule has 0 amide bonds. The second-order valence-electron chi connectivity index (χ2n) is 5.17. The van der Waals surface area contributed by atoms with E-state index in [9.17, 15) is 4.79 Å². The van der Waals surface area contributed by atoms with Crippen LogP contribution in [0.2, 0.25) is 0 Å². The number of carbonyl (C=O) groups is 1. The lowest BCUT2D eigenvalue weighted by molar-refractivity contribution is 0.0601. The Hall–Kier alpha value is -1.55. The molecular weight excluding hydrogens is 228 g/mol. The van der Waals surface area contributed by atoms with Crippen molar-refractivity contribution in [3.63, 3.8) is 0 Å². The van der Waals surface area contributed by atoms with Crippen molar-refractivity contribution in [1.29, 1.82) is 0 Å². The van der Waals surface area contributed by atoms with Gasteiger partial charge in [-0.1, -0.05) is 12.1 Å². The van der Waals surface area contributed by atoms with Crippen LogP contribution in [-0.4, -0.2) is 32.2 Å². The Labute approximate surface area is 109 Å². The molecule has 0 atom stereocenters. The summed E-state index contributed by atoms with van der Waals surface area (Å²) >= 11 is 0. The molecule has 1 rings (SSSR count). The van der Waals surface area contributed by atoms with Gasteiger partial charge < -0.3 is 15.4 Å². The maximum Gasteiger partial charge on any atom is 0.339 e. The maximum absolute atomic E-state index is 11.7. The summed E-state index contributed by atoms with van der Waals surface area (Å²) in [6.07, 6.45) is 0.846. The van der Waals surface area contributed by atoms with Gasteiger partial charge in [0.1, 0.15) is 0 Å². The molecule has 1 aromatic carbocycles. The number of anilines is 1. The Morgan fingerprint density at radius 2 is 2.00 bits per heavy atom. The van der Waals surface area contributed by atoms with E-state index in [1.54, 1.807) is 6.07 Å². The van der Waals surface area contributed by atoms with Crippen LogP contribution in [0.5, 0.6) is 0 Å². The Bertz CT molecular complexity index is 411. The minimum atomic E-state index is -0.315. The van der Waals surface area contributed by atoms with Crippen LogP contribution in [0.3, 0.4) is 0 Å². The molecule has 0 aliphatic rings. The van der Waals surface area contributed by atoms with E-state index in [-0.39, 0.29) is 11.5 Å². The second kappa shape index (κ2) is 5.87. The van der Waals surface area contributed by atoms with Gasteiger partial charge in [0, 0.05) is 19.1 Å². The number of methoxy groups -OCH3 is 1. The molecule has 0 bridgehead atoms. The molecule has 0 heterocycles. The van der Waals surface area contributed by atoms with Gasteiger partial charge in [0.05, 0.1) is 18.4 Å². The van der Waals surface area contributed by atoms with Gasteiger partial charge in [0.2, 0.25) is 0 Å². The first kappa shape index (κ1) is 14.5. The van der Waals surface area contributed by atoms with Gasteiger partial charge >= 0.3 is 5.97 Å². The highest BCUT2D eigenvalue weighted by Gasteiger charge is 2.16. The fourth-order valence-corrected chi connectivity index (χ4v) is 1.67. The number of hydrogen-bond acceptors (Lipinski definition) is 4. The standard InChI is InChI=1S/C14H22N2O2/c1-14(2,15)9-10-16(3)12-8-6-5-7-11(12)13(17)18-4/h5-8H,9-10,15H2,1-4H3. The minimum Gasteiger partial charge on any atom is -0.465 e. The summed E-state index contributed by atoms with van der Waals surface area (Å²) in [5.74, 6) is -0.315. The van der Waals surface area contributed by atoms with E-state index in [0.717, 1.165) is 18.7 Å². The van der Waals surface area contributed by atoms with Crippen LogP contribution < -0.4 is 10.6 Å². The molecule has 0 saturated carbocycles. The Balaban J connectivity index is 2.85. The zero-order valence-electron chi connectivity index (χ0n) is 11.6. The van der Waals surface area contributed by atoms with Crippen molar-refractivity contribution in [1.82, 2.24) is 0 Å². The van der Waals surface area contributed by atoms with Gasteiger partial charge in [0.15, 0.2) is 0 Å². The molecule has 18 heavy (non-hydrogen) atoms. The van der Waals surface area contributed by atoms with Crippen LogP contribution in [0, 0.1) is 0 Å². The number of benzene rings is 1. The molecule has 0 spiro atoms. The SMILES string of the molecule is COC(=O)c1ccccc1N(C)CCC(C)(C)N.